The molecule has 0 fully saturated rings. The fourth-order valence-corrected chi connectivity index (χ4v) is 1.16. The van der Waals surface area contributed by atoms with Gasteiger partial charge in [0.2, 0.25) is 0 Å². The first-order valence-electron chi connectivity index (χ1n) is 5.18. The highest BCUT2D eigenvalue weighted by Crippen LogP contribution is 2.12. The first-order chi connectivity index (χ1) is 8.17. The van der Waals surface area contributed by atoms with Crippen molar-refractivity contribution in [3.05, 3.63) is 29.8 Å². The summed E-state index contributed by atoms with van der Waals surface area (Å²) in [5.41, 5.74) is 0.399. The van der Waals surface area contributed by atoms with Crippen LogP contribution in [0.3, 0.4) is 0 Å². The number of hydrogen-bond acceptors (Lipinski definition) is 5. The molecular formula is C12H16O5. The quantitative estimate of drug-likeness (QED) is 0.560. The molecule has 5 heteroatoms. The van der Waals surface area contributed by atoms with E-state index in [9.17, 15) is 4.79 Å². The zero-order valence-electron chi connectivity index (χ0n) is 10.1. The van der Waals surface area contributed by atoms with Gasteiger partial charge in [0.15, 0.2) is 0 Å². The van der Waals surface area contributed by atoms with Crippen molar-refractivity contribution >= 4 is 5.97 Å². The average molecular weight is 240 g/mol. The molecule has 0 saturated heterocycles. The molecule has 1 unspecified atom stereocenters. The van der Waals surface area contributed by atoms with Crippen molar-refractivity contribution in [3.8, 4) is 5.75 Å². The van der Waals surface area contributed by atoms with Gasteiger partial charge < -0.3 is 9.47 Å². The lowest BCUT2D eigenvalue weighted by Gasteiger charge is -2.10. The van der Waals surface area contributed by atoms with Crippen LogP contribution < -0.4 is 4.74 Å². The molecule has 94 valence electrons. The van der Waals surface area contributed by atoms with Crippen molar-refractivity contribution in [3.63, 3.8) is 0 Å². The van der Waals surface area contributed by atoms with Crippen molar-refractivity contribution in [1.29, 1.82) is 0 Å². The number of carbonyl (C=O) groups is 1. The Morgan fingerprint density at radius 3 is 2.41 bits per heavy atom. The molecule has 0 radical (unpaired) electrons. The monoisotopic (exact) mass is 240 g/mol. The van der Waals surface area contributed by atoms with Crippen LogP contribution in [0, 0.1) is 0 Å². The summed E-state index contributed by atoms with van der Waals surface area (Å²) < 4.78 is 9.82. The summed E-state index contributed by atoms with van der Waals surface area (Å²) in [7, 11) is 3.11. The van der Waals surface area contributed by atoms with Crippen LogP contribution in [0.5, 0.6) is 5.75 Å². The second-order valence-corrected chi connectivity index (χ2v) is 3.46. The second kappa shape index (κ2) is 6.88. The van der Waals surface area contributed by atoms with Crippen LogP contribution in [0.4, 0.5) is 0 Å². The highest BCUT2D eigenvalue weighted by Gasteiger charge is 2.11. The molecule has 0 aromatic heterocycles. The van der Waals surface area contributed by atoms with Gasteiger partial charge in [0, 0.05) is 7.11 Å². The highest BCUT2D eigenvalue weighted by molar-refractivity contribution is 5.89. The molecule has 5 nitrogen and oxygen atoms in total. The van der Waals surface area contributed by atoms with Crippen LogP contribution in [-0.2, 0) is 14.5 Å². The van der Waals surface area contributed by atoms with Crippen molar-refractivity contribution in [1.82, 2.24) is 0 Å². The molecule has 1 aromatic rings. The molecule has 0 saturated carbocycles. The van der Waals surface area contributed by atoms with E-state index in [1.165, 1.54) is 0 Å². The third-order valence-corrected chi connectivity index (χ3v) is 2.02. The van der Waals surface area contributed by atoms with E-state index < -0.39 is 5.97 Å². The summed E-state index contributed by atoms with van der Waals surface area (Å²) in [5, 5.41) is 0. The van der Waals surface area contributed by atoms with Gasteiger partial charge in [0.05, 0.1) is 19.3 Å². The van der Waals surface area contributed by atoms with E-state index in [4.69, 9.17) is 14.4 Å². The average Bonchev–Trinajstić information content (AvgIpc) is 2.36. The maximum absolute atomic E-state index is 11.5. The van der Waals surface area contributed by atoms with Gasteiger partial charge in [-0.1, -0.05) is 0 Å². The van der Waals surface area contributed by atoms with Gasteiger partial charge in [-0.25, -0.2) is 4.79 Å². The fourth-order valence-electron chi connectivity index (χ4n) is 1.16. The Kier molecular flexibility index (Phi) is 5.45. The van der Waals surface area contributed by atoms with Gasteiger partial charge in [-0.3, -0.25) is 4.89 Å². The minimum Gasteiger partial charge on any atom is -0.497 e. The number of benzene rings is 1. The Morgan fingerprint density at radius 2 is 1.88 bits per heavy atom. The smallest absolute Gasteiger partial charge is 0.373 e. The van der Waals surface area contributed by atoms with Crippen LogP contribution in [0.2, 0.25) is 0 Å². The first-order valence-corrected chi connectivity index (χ1v) is 5.18. The Morgan fingerprint density at radius 1 is 1.24 bits per heavy atom. The molecule has 0 amide bonds. The molecule has 1 rings (SSSR count). The zero-order valence-corrected chi connectivity index (χ0v) is 10.1. The predicted molar refractivity (Wildman–Crippen MR) is 60.8 cm³/mol. The fraction of sp³-hybridized carbons (Fsp3) is 0.417. The van der Waals surface area contributed by atoms with Crippen molar-refractivity contribution < 1.29 is 24.0 Å². The molecular weight excluding hydrogens is 224 g/mol. The van der Waals surface area contributed by atoms with Gasteiger partial charge in [-0.05, 0) is 31.2 Å². The van der Waals surface area contributed by atoms with E-state index >= 15 is 0 Å². The molecule has 0 aliphatic carbocycles. The van der Waals surface area contributed by atoms with E-state index in [1.807, 2.05) is 0 Å². The lowest BCUT2D eigenvalue weighted by atomic mass is 10.2. The summed E-state index contributed by atoms with van der Waals surface area (Å²) in [6.45, 7) is 2.10. The first kappa shape index (κ1) is 13.5. The van der Waals surface area contributed by atoms with E-state index in [2.05, 4.69) is 4.89 Å². The Labute approximate surface area is 100 Å². The van der Waals surface area contributed by atoms with Gasteiger partial charge in [-0.2, -0.15) is 4.89 Å². The minimum absolute atomic E-state index is 0.304. The molecule has 0 bridgehead atoms. The summed E-state index contributed by atoms with van der Waals surface area (Å²) in [6.07, 6.45) is -0.304. The number of hydrogen-bond donors (Lipinski definition) is 0. The van der Waals surface area contributed by atoms with Crippen LogP contribution in [0.1, 0.15) is 17.3 Å². The molecule has 0 aliphatic rings. The Bertz CT molecular complexity index is 346. The molecule has 17 heavy (non-hydrogen) atoms. The molecule has 0 N–H and O–H groups in total. The summed E-state index contributed by atoms with van der Waals surface area (Å²) in [6, 6.07) is 6.56. The molecule has 0 aliphatic heterocycles. The second-order valence-electron chi connectivity index (χ2n) is 3.46. The standard InChI is InChI=1S/C12H16O5/c1-9(8-14-2)16-17-12(13)10-4-6-11(15-3)7-5-10/h4-7,9H,8H2,1-3H3. The number of rotatable bonds is 6. The lowest BCUT2D eigenvalue weighted by Crippen LogP contribution is -2.18. The van der Waals surface area contributed by atoms with E-state index in [0.717, 1.165) is 0 Å². The highest BCUT2D eigenvalue weighted by atomic mass is 17.2. The maximum Gasteiger partial charge on any atom is 0.373 e. The summed E-state index contributed by atoms with van der Waals surface area (Å²) >= 11 is 0. The number of carbonyl (C=O) groups excluding carboxylic acids is 1. The van der Waals surface area contributed by atoms with Gasteiger partial charge in [0.25, 0.3) is 0 Å². The van der Waals surface area contributed by atoms with Crippen molar-refractivity contribution in [2.75, 3.05) is 20.8 Å². The van der Waals surface area contributed by atoms with Gasteiger partial charge in [-0.15, -0.1) is 0 Å². The van der Waals surface area contributed by atoms with Gasteiger partial charge >= 0.3 is 5.97 Å². The predicted octanol–water partition coefficient (Wildman–Crippen LogP) is 1.82. The molecule has 1 aromatic carbocycles. The lowest BCUT2D eigenvalue weighted by molar-refractivity contribution is -0.276. The van der Waals surface area contributed by atoms with Crippen LogP contribution >= 0.6 is 0 Å². The van der Waals surface area contributed by atoms with Crippen molar-refractivity contribution in [2.24, 2.45) is 0 Å². The molecule has 0 spiro atoms. The largest absolute Gasteiger partial charge is 0.497 e. The third kappa shape index (κ3) is 4.42. The molecule has 0 heterocycles. The zero-order chi connectivity index (χ0) is 12.7. The van der Waals surface area contributed by atoms with Crippen LogP contribution in [0.15, 0.2) is 24.3 Å². The Hall–Kier alpha value is -1.59. The summed E-state index contributed by atoms with van der Waals surface area (Å²) in [5.74, 6) is 0.130. The minimum atomic E-state index is -0.546. The topological polar surface area (TPSA) is 54.0 Å². The van der Waals surface area contributed by atoms with Crippen LogP contribution in [0.25, 0.3) is 0 Å². The maximum atomic E-state index is 11.5. The molecule has 1 atom stereocenters. The number of ether oxygens (including phenoxy) is 2. The van der Waals surface area contributed by atoms with E-state index in [-0.39, 0.29) is 6.10 Å². The Balaban J connectivity index is 2.46. The normalized spacial score (nSPS) is 11.9. The van der Waals surface area contributed by atoms with Gasteiger partial charge in [0.1, 0.15) is 11.9 Å². The van der Waals surface area contributed by atoms with E-state index in [0.29, 0.717) is 17.9 Å². The van der Waals surface area contributed by atoms with E-state index in [1.54, 1.807) is 45.4 Å². The third-order valence-electron chi connectivity index (χ3n) is 2.02. The summed E-state index contributed by atoms with van der Waals surface area (Å²) in [4.78, 5) is 21.0. The van der Waals surface area contributed by atoms with Crippen LogP contribution in [-0.4, -0.2) is 32.9 Å². The van der Waals surface area contributed by atoms with Crippen molar-refractivity contribution in [2.45, 2.75) is 13.0 Å². The number of methoxy groups -OCH3 is 2. The SMILES string of the molecule is COCC(C)OOC(=O)c1ccc(OC)cc1.